The standard InChI is InChI=1S/C25H21ClN4O2S/c1-16-20(26)10-11-21-23(16)28-25(33-21)30(15-18-7-5-6-12-27-18)24(32)17-13-22(31)29(14-17)19-8-3-2-4-9-19/h2-12,17H,13-15H2,1H3. The molecule has 1 saturated heterocycles. The van der Waals surface area contributed by atoms with E-state index < -0.39 is 5.92 Å². The van der Waals surface area contributed by atoms with Crippen LogP contribution < -0.4 is 9.80 Å². The first-order valence-corrected chi connectivity index (χ1v) is 11.8. The van der Waals surface area contributed by atoms with Crippen molar-refractivity contribution >= 4 is 55.8 Å². The van der Waals surface area contributed by atoms with Crippen LogP contribution in [0, 0.1) is 12.8 Å². The third kappa shape index (κ3) is 4.21. The lowest BCUT2D eigenvalue weighted by molar-refractivity contribution is -0.124. The number of aromatic nitrogens is 2. The number of hydrogen-bond donors (Lipinski definition) is 0. The average Bonchev–Trinajstić information content (AvgIpc) is 3.45. The zero-order chi connectivity index (χ0) is 22.9. The second-order valence-corrected chi connectivity index (χ2v) is 9.42. The molecule has 1 unspecified atom stereocenters. The highest BCUT2D eigenvalue weighted by Gasteiger charge is 2.38. The number of thiazole rings is 1. The molecule has 2 aromatic carbocycles. The van der Waals surface area contributed by atoms with E-state index in [0.29, 0.717) is 16.7 Å². The Kier molecular flexibility index (Phi) is 5.83. The van der Waals surface area contributed by atoms with Crippen LogP contribution in [0.4, 0.5) is 10.8 Å². The van der Waals surface area contributed by atoms with Gasteiger partial charge in [0.15, 0.2) is 5.13 Å². The molecule has 0 radical (unpaired) electrons. The maximum Gasteiger partial charge on any atom is 0.234 e. The fraction of sp³-hybridized carbons (Fsp3) is 0.200. The van der Waals surface area contributed by atoms with Crippen molar-refractivity contribution in [2.75, 3.05) is 16.3 Å². The fourth-order valence-corrected chi connectivity index (χ4v) is 5.23. The minimum Gasteiger partial charge on any atom is -0.312 e. The molecule has 3 heterocycles. The number of para-hydroxylation sites is 1. The maximum atomic E-state index is 13.8. The predicted molar refractivity (Wildman–Crippen MR) is 132 cm³/mol. The second-order valence-electron chi connectivity index (χ2n) is 8.00. The van der Waals surface area contributed by atoms with Crippen molar-refractivity contribution in [3.8, 4) is 0 Å². The number of amides is 2. The number of halogens is 1. The van der Waals surface area contributed by atoms with Crippen molar-refractivity contribution < 1.29 is 9.59 Å². The molecular weight excluding hydrogens is 456 g/mol. The van der Waals surface area contributed by atoms with Crippen LogP contribution in [-0.2, 0) is 16.1 Å². The summed E-state index contributed by atoms with van der Waals surface area (Å²) in [5, 5.41) is 1.22. The zero-order valence-electron chi connectivity index (χ0n) is 17.9. The number of anilines is 2. The molecule has 8 heteroatoms. The average molecular weight is 477 g/mol. The summed E-state index contributed by atoms with van der Waals surface area (Å²) in [5.74, 6) is -0.641. The Morgan fingerprint density at radius 2 is 1.94 bits per heavy atom. The van der Waals surface area contributed by atoms with Gasteiger partial charge in [0.25, 0.3) is 0 Å². The Morgan fingerprint density at radius 3 is 2.70 bits per heavy atom. The van der Waals surface area contributed by atoms with Gasteiger partial charge in [-0.15, -0.1) is 0 Å². The van der Waals surface area contributed by atoms with Crippen LogP contribution in [0.1, 0.15) is 17.7 Å². The molecule has 2 amide bonds. The summed E-state index contributed by atoms with van der Waals surface area (Å²) in [5.41, 5.74) is 3.23. The highest BCUT2D eigenvalue weighted by Crippen LogP contribution is 2.36. The smallest absolute Gasteiger partial charge is 0.234 e. The number of pyridine rings is 1. The van der Waals surface area contributed by atoms with E-state index in [0.717, 1.165) is 27.2 Å². The van der Waals surface area contributed by atoms with E-state index in [1.807, 2.05) is 67.6 Å². The van der Waals surface area contributed by atoms with Crippen molar-refractivity contribution in [2.45, 2.75) is 19.9 Å². The highest BCUT2D eigenvalue weighted by atomic mass is 35.5. The highest BCUT2D eigenvalue weighted by molar-refractivity contribution is 7.22. The molecule has 0 aliphatic carbocycles. The number of nitrogens with zero attached hydrogens (tertiary/aromatic N) is 4. The fourth-order valence-electron chi connectivity index (χ4n) is 4.05. The van der Waals surface area contributed by atoms with Gasteiger partial charge in [0, 0.05) is 29.9 Å². The van der Waals surface area contributed by atoms with Crippen LogP contribution in [0.15, 0.2) is 66.9 Å². The normalized spacial score (nSPS) is 15.9. The third-order valence-corrected chi connectivity index (χ3v) is 7.27. The van der Waals surface area contributed by atoms with Gasteiger partial charge in [-0.1, -0.05) is 47.2 Å². The van der Waals surface area contributed by atoms with Gasteiger partial charge < -0.3 is 4.90 Å². The number of rotatable bonds is 5. The van der Waals surface area contributed by atoms with Crippen LogP contribution >= 0.6 is 22.9 Å². The summed E-state index contributed by atoms with van der Waals surface area (Å²) in [4.78, 5) is 39.0. The van der Waals surface area contributed by atoms with E-state index in [9.17, 15) is 9.59 Å². The van der Waals surface area contributed by atoms with Gasteiger partial charge in [-0.3, -0.25) is 19.5 Å². The van der Waals surface area contributed by atoms with Gasteiger partial charge >= 0.3 is 0 Å². The largest absolute Gasteiger partial charge is 0.312 e. The first kappa shape index (κ1) is 21.6. The van der Waals surface area contributed by atoms with E-state index in [2.05, 4.69) is 4.98 Å². The molecule has 5 rings (SSSR count). The Labute approximate surface area is 200 Å². The SMILES string of the molecule is Cc1c(Cl)ccc2sc(N(Cc3ccccn3)C(=O)C3CC(=O)N(c4ccccc4)C3)nc12. The molecule has 2 aromatic heterocycles. The molecule has 1 atom stereocenters. The minimum absolute atomic E-state index is 0.0516. The molecule has 0 bridgehead atoms. The van der Waals surface area contributed by atoms with E-state index in [-0.39, 0.29) is 24.8 Å². The number of fused-ring (bicyclic) bond motifs is 1. The minimum atomic E-state index is -0.460. The maximum absolute atomic E-state index is 13.8. The molecule has 33 heavy (non-hydrogen) atoms. The Morgan fingerprint density at radius 1 is 1.15 bits per heavy atom. The molecule has 1 aliphatic heterocycles. The number of hydrogen-bond acceptors (Lipinski definition) is 5. The van der Waals surface area contributed by atoms with E-state index in [4.69, 9.17) is 16.6 Å². The summed E-state index contributed by atoms with van der Waals surface area (Å²) < 4.78 is 0.958. The number of benzene rings is 2. The van der Waals surface area contributed by atoms with Crippen molar-refractivity contribution in [1.82, 2.24) is 9.97 Å². The lowest BCUT2D eigenvalue weighted by Crippen LogP contribution is -2.37. The summed E-state index contributed by atoms with van der Waals surface area (Å²) in [6.07, 6.45) is 1.87. The molecule has 166 valence electrons. The summed E-state index contributed by atoms with van der Waals surface area (Å²) in [7, 11) is 0. The van der Waals surface area contributed by atoms with Gasteiger partial charge in [-0.25, -0.2) is 4.98 Å². The zero-order valence-corrected chi connectivity index (χ0v) is 19.5. The number of carbonyl (C=O) groups is 2. The van der Waals surface area contributed by atoms with Gasteiger partial charge in [0.05, 0.1) is 28.4 Å². The van der Waals surface area contributed by atoms with Crippen LogP contribution in [-0.4, -0.2) is 28.3 Å². The third-order valence-electron chi connectivity index (χ3n) is 5.82. The summed E-state index contributed by atoms with van der Waals surface area (Å²) in [6, 6.07) is 18.8. The Bertz CT molecular complexity index is 1330. The van der Waals surface area contributed by atoms with E-state index in [1.165, 1.54) is 11.3 Å². The molecule has 1 fully saturated rings. The van der Waals surface area contributed by atoms with E-state index >= 15 is 0 Å². The topological polar surface area (TPSA) is 66.4 Å². The molecule has 0 saturated carbocycles. The monoisotopic (exact) mass is 476 g/mol. The molecule has 1 aliphatic rings. The van der Waals surface area contributed by atoms with Crippen LogP contribution in [0.2, 0.25) is 5.02 Å². The summed E-state index contributed by atoms with van der Waals surface area (Å²) >= 11 is 7.74. The van der Waals surface area contributed by atoms with Crippen molar-refractivity contribution in [3.05, 3.63) is 83.1 Å². The lowest BCUT2D eigenvalue weighted by atomic mass is 10.1. The molecule has 4 aromatic rings. The van der Waals surface area contributed by atoms with Gasteiger partial charge in [0.1, 0.15) is 0 Å². The summed E-state index contributed by atoms with van der Waals surface area (Å²) in [6.45, 7) is 2.55. The first-order chi connectivity index (χ1) is 16.0. The van der Waals surface area contributed by atoms with Crippen LogP contribution in [0.3, 0.4) is 0 Å². The molecule has 6 nitrogen and oxygen atoms in total. The van der Waals surface area contributed by atoms with E-state index in [1.54, 1.807) is 16.0 Å². The predicted octanol–water partition coefficient (Wildman–Crippen LogP) is 5.24. The molecular formula is C25H21ClN4O2S. The first-order valence-electron chi connectivity index (χ1n) is 10.6. The lowest BCUT2D eigenvalue weighted by Gasteiger charge is -2.23. The number of carbonyl (C=O) groups excluding carboxylic acids is 2. The number of aryl methyl sites for hydroxylation is 1. The molecule has 0 N–H and O–H groups in total. The van der Waals surface area contributed by atoms with Crippen LogP contribution in [0.25, 0.3) is 10.2 Å². The Hall–Kier alpha value is -3.29. The van der Waals surface area contributed by atoms with Crippen molar-refractivity contribution in [1.29, 1.82) is 0 Å². The van der Waals surface area contributed by atoms with Gasteiger partial charge in [0.2, 0.25) is 11.8 Å². The van der Waals surface area contributed by atoms with Gasteiger partial charge in [-0.05, 0) is 48.9 Å². The quantitative estimate of drug-likeness (QED) is 0.395. The van der Waals surface area contributed by atoms with Crippen LogP contribution in [0.5, 0.6) is 0 Å². The molecule has 0 spiro atoms. The van der Waals surface area contributed by atoms with Crippen molar-refractivity contribution in [2.24, 2.45) is 5.92 Å². The van der Waals surface area contributed by atoms with Gasteiger partial charge in [-0.2, -0.15) is 0 Å². The Balaban J connectivity index is 1.49. The van der Waals surface area contributed by atoms with Crippen molar-refractivity contribution in [3.63, 3.8) is 0 Å². The second kappa shape index (κ2) is 8.92.